The molecule has 5 heteroatoms. The zero-order valence-electron chi connectivity index (χ0n) is 9.03. The molecule has 0 saturated heterocycles. The van der Waals surface area contributed by atoms with Crippen molar-refractivity contribution in [3.63, 3.8) is 0 Å². The highest BCUT2D eigenvalue weighted by atomic mass is 79.9. The molecule has 2 rings (SSSR count). The lowest BCUT2D eigenvalue weighted by Crippen LogP contribution is -2.06. The molecule has 1 N–H and O–H groups in total. The van der Waals surface area contributed by atoms with E-state index in [0.29, 0.717) is 18.2 Å². The number of aromatic nitrogens is 2. The van der Waals surface area contributed by atoms with Crippen LogP contribution in [0.4, 0.5) is 10.3 Å². The maximum atomic E-state index is 13.2. The second-order valence-electron chi connectivity index (χ2n) is 3.39. The fraction of sp³-hybridized carbons (Fsp3) is 0.0833. The third-order valence-electron chi connectivity index (χ3n) is 2.21. The van der Waals surface area contributed by atoms with E-state index in [2.05, 4.69) is 32.8 Å². The van der Waals surface area contributed by atoms with Crippen LogP contribution in [-0.4, -0.2) is 16.1 Å². The summed E-state index contributed by atoms with van der Waals surface area (Å²) in [5, 5.41) is 3.08. The molecular weight excluding hydrogens is 285 g/mol. The number of imidazole rings is 1. The van der Waals surface area contributed by atoms with Crippen molar-refractivity contribution in [3.05, 3.63) is 53.5 Å². The minimum absolute atomic E-state index is 0.286. The number of halogens is 2. The van der Waals surface area contributed by atoms with E-state index in [1.54, 1.807) is 29.1 Å². The van der Waals surface area contributed by atoms with E-state index in [4.69, 9.17) is 0 Å². The van der Waals surface area contributed by atoms with E-state index in [1.807, 2.05) is 0 Å². The predicted octanol–water partition coefficient (Wildman–Crippen LogP) is 3.37. The molecule has 1 aromatic heterocycles. The van der Waals surface area contributed by atoms with Gasteiger partial charge in [-0.1, -0.05) is 6.08 Å². The lowest BCUT2D eigenvalue weighted by molar-refractivity contribution is 0.626. The molecule has 0 unspecified atom stereocenters. The van der Waals surface area contributed by atoms with Crippen LogP contribution in [0, 0.1) is 5.82 Å². The van der Waals surface area contributed by atoms with Crippen molar-refractivity contribution in [3.8, 4) is 5.69 Å². The van der Waals surface area contributed by atoms with E-state index >= 15 is 0 Å². The van der Waals surface area contributed by atoms with Crippen LogP contribution in [0.15, 0.2) is 47.7 Å². The van der Waals surface area contributed by atoms with Crippen molar-refractivity contribution < 1.29 is 4.39 Å². The largest absolute Gasteiger partial charge is 0.352 e. The minimum atomic E-state index is -0.286. The quantitative estimate of drug-likeness (QED) is 0.877. The smallest absolute Gasteiger partial charge is 0.207 e. The van der Waals surface area contributed by atoms with Gasteiger partial charge in [0.05, 0.1) is 5.69 Å². The monoisotopic (exact) mass is 295 g/mol. The van der Waals surface area contributed by atoms with Crippen molar-refractivity contribution in [2.45, 2.75) is 0 Å². The zero-order valence-corrected chi connectivity index (χ0v) is 10.6. The average Bonchev–Trinajstić information content (AvgIpc) is 2.77. The van der Waals surface area contributed by atoms with Gasteiger partial charge in [0.15, 0.2) is 0 Å². The Hall–Kier alpha value is -1.62. The summed E-state index contributed by atoms with van der Waals surface area (Å²) in [4.78, 5) is 4.16. The third-order valence-corrected chi connectivity index (χ3v) is 2.88. The van der Waals surface area contributed by atoms with E-state index < -0.39 is 0 Å². The van der Waals surface area contributed by atoms with Gasteiger partial charge in [-0.25, -0.2) is 9.37 Å². The normalized spacial score (nSPS) is 10.2. The highest BCUT2D eigenvalue weighted by Crippen LogP contribution is 2.24. The summed E-state index contributed by atoms with van der Waals surface area (Å²) in [5.41, 5.74) is 0.703. The number of hydrogen-bond acceptors (Lipinski definition) is 2. The SMILES string of the molecule is C=CCNc1nccn1-c1cc(F)ccc1Br. The lowest BCUT2D eigenvalue weighted by atomic mass is 10.3. The van der Waals surface area contributed by atoms with Gasteiger partial charge >= 0.3 is 0 Å². The van der Waals surface area contributed by atoms with Gasteiger partial charge in [0.1, 0.15) is 5.82 Å². The van der Waals surface area contributed by atoms with Crippen molar-refractivity contribution in [2.75, 3.05) is 11.9 Å². The Morgan fingerprint density at radius 3 is 3.12 bits per heavy atom. The van der Waals surface area contributed by atoms with E-state index in [-0.39, 0.29) is 5.82 Å². The molecular formula is C12H11BrFN3. The highest BCUT2D eigenvalue weighted by molar-refractivity contribution is 9.10. The number of hydrogen-bond donors (Lipinski definition) is 1. The molecule has 0 atom stereocenters. The molecule has 17 heavy (non-hydrogen) atoms. The van der Waals surface area contributed by atoms with Gasteiger partial charge < -0.3 is 5.32 Å². The maximum Gasteiger partial charge on any atom is 0.207 e. The Balaban J connectivity index is 2.42. The molecule has 0 saturated carbocycles. The Bertz CT molecular complexity index is 536. The molecule has 0 fully saturated rings. The maximum absolute atomic E-state index is 13.2. The molecule has 1 heterocycles. The molecule has 0 amide bonds. The van der Waals surface area contributed by atoms with Crippen LogP contribution in [0.5, 0.6) is 0 Å². The van der Waals surface area contributed by atoms with Gasteiger partial charge in [0.25, 0.3) is 0 Å². The fourth-order valence-corrected chi connectivity index (χ4v) is 1.90. The first-order valence-corrected chi connectivity index (χ1v) is 5.85. The zero-order chi connectivity index (χ0) is 12.3. The van der Waals surface area contributed by atoms with Crippen LogP contribution in [0.1, 0.15) is 0 Å². The van der Waals surface area contributed by atoms with Crippen LogP contribution in [-0.2, 0) is 0 Å². The molecule has 0 radical (unpaired) electrons. The van der Waals surface area contributed by atoms with Crippen LogP contribution >= 0.6 is 15.9 Å². The summed E-state index contributed by atoms with van der Waals surface area (Å²) in [6, 6.07) is 4.52. The topological polar surface area (TPSA) is 29.9 Å². The fourth-order valence-electron chi connectivity index (χ4n) is 1.46. The second-order valence-corrected chi connectivity index (χ2v) is 4.24. The summed E-state index contributed by atoms with van der Waals surface area (Å²) >= 11 is 3.39. The highest BCUT2D eigenvalue weighted by Gasteiger charge is 2.08. The third kappa shape index (κ3) is 2.55. The van der Waals surface area contributed by atoms with E-state index in [1.165, 1.54) is 12.1 Å². The van der Waals surface area contributed by atoms with E-state index in [0.717, 1.165) is 4.47 Å². The summed E-state index contributed by atoms with van der Waals surface area (Å²) < 4.78 is 15.8. The molecule has 0 bridgehead atoms. The van der Waals surface area contributed by atoms with Gasteiger partial charge in [-0.05, 0) is 34.1 Å². The Morgan fingerprint density at radius 1 is 1.53 bits per heavy atom. The van der Waals surface area contributed by atoms with E-state index in [9.17, 15) is 4.39 Å². The molecule has 0 aliphatic heterocycles. The molecule has 0 aliphatic rings. The predicted molar refractivity (Wildman–Crippen MR) is 69.9 cm³/mol. The van der Waals surface area contributed by atoms with Crippen LogP contribution < -0.4 is 5.32 Å². The van der Waals surface area contributed by atoms with Crippen LogP contribution in [0.2, 0.25) is 0 Å². The van der Waals surface area contributed by atoms with Gasteiger partial charge in [-0.3, -0.25) is 4.57 Å². The summed E-state index contributed by atoms with van der Waals surface area (Å²) in [5.74, 6) is 0.364. The summed E-state index contributed by atoms with van der Waals surface area (Å²) in [6.45, 7) is 4.23. The first-order valence-electron chi connectivity index (χ1n) is 5.06. The molecule has 88 valence electrons. The van der Waals surface area contributed by atoms with Crippen molar-refractivity contribution in [2.24, 2.45) is 0 Å². The van der Waals surface area contributed by atoms with Crippen LogP contribution in [0.25, 0.3) is 5.69 Å². The van der Waals surface area contributed by atoms with Gasteiger partial charge in [-0.2, -0.15) is 0 Å². The molecule has 2 aromatic rings. The van der Waals surface area contributed by atoms with Crippen molar-refractivity contribution >= 4 is 21.9 Å². The van der Waals surface area contributed by atoms with Crippen LogP contribution in [0.3, 0.4) is 0 Å². The Labute approximate surface area is 107 Å². The minimum Gasteiger partial charge on any atom is -0.352 e. The number of nitrogens with one attached hydrogen (secondary N) is 1. The number of nitrogens with zero attached hydrogens (tertiary/aromatic N) is 2. The summed E-state index contributed by atoms with van der Waals surface area (Å²) in [6.07, 6.45) is 5.16. The number of rotatable bonds is 4. The Kier molecular flexibility index (Phi) is 3.58. The summed E-state index contributed by atoms with van der Waals surface area (Å²) in [7, 11) is 0. The van der Waals surface area contributed by atoms with Gasteiger partial charge in [0, 0.05) is 23.4 Å². The first kappa shape index (κ1) is 11.9. The average molecular weight is 296 g/mol. The van der Waals surface area contributed by atoms with Crippen molar-refractivity contribution in [1.29, 1.82) is 0 Å². The lowest BCUT2D eigenvalue weighted by Gasteiger charge is -2.10. The molecule has 1 aromatic carbocycles. The molecule has 0 aliphatic carbocycles. The molecule has 3 nitrogen and oxygen atoms in total. The Morgan fingerprint density at radius 2 is 2.35 bits per heavy atom. The standard InChI is InChI=1S/C12H11BrFN3/c1-2-5-15-12-16-6-7-17(12)11-8-9(14)3-4-10(11)13/h2-4,6-8H,1,5H2,(H,15,16). The van der Waals surface area contributed by atoms with Gasteiger partial charge in [-0.15, -0.1) is 6.58 Å². The number of anilines is 1. The van der Waals surface area contributed by atoms with Crippen molar-refractivity contribution in [1.82, 2.24) is 9.55 Å². The first-order chi connectivity index (χ1) is 8.22. The van der Waals surface area contributed by atoms with Gasteiger partial charge in [0.2, 0.25) is 5.95 Å². The molecule has 0 spiro atoms. The number of benzene rings is 1. The second kappa shape index (κ2) is 5.14.